The summed E-state index contributed by atoms with van der Waals surface area (Å²) in [5.41, 5.74) is 1.35. The summed E-state index contributed by atoms with van der Waals surface area (Å²) < 4.78 is 35.7. The van der Waals surface area contributed by atoms with Crippen molar-refractivity contribution in [2.75, 3.05) is 20.2 Å². The maximum absolute atomic E-state index is 13.0. The molecule has 1 aromatic heterocycles. The number of ether oxygens (including phenoxy) is 1. The number of thiazole rings is 1. The minimum Gasteiger partial charge on any atom is -0.497 e. The fraction of sp³-hybridized carbons (Fsp3) is 0.417. The molecular weight excluding hydrogens is 458 g/mol. The lowest BCUT2D eigenvalue weighted by molar-refractivity contribution is 0.0997. The maximum atomic E-state index is 13.0. The van der Waals surface area contributed by atoms with E-state index < -0.39 is 15.9 Å². The van der Waals surface area contributed by atoms with Crippen LogP contribution in [0.5, 0.6) is 5.75 Å². The summed E-state index contributed by atoms with van der Waals surface area (Å²) in [6.07, 6.45) is 2.39. The largest absolute Gasteiger partial charge is 0.497 e. The summed E-state index contributed by atoms with van der Waals surface area (Å²) in [7, 11) is -1.96. The van der Waals surface area contributed by atoms with Gasteiger partial charge in [-0.15, -0.1) is 0 Å². The van der Waals surface area contributed by atoms with E-state index in [1.165, 1.54) is 39.9 Å². The molecule has 3 aromatic rings. The summed E-state index contributed by atoms with van der Waals surface area (Å²) in [5.74, 6) is 0.351. The number of nitrogens with zero attached hydrogens (tertiary/aromatic N) is 3. The van der Waals surface area contributed by atoms with Gasteiger partial charge >= 0.3 is 0 Å². The van der Waals surface area contributed by atoms with E-state index in [0.717, 1.165) is 41.8 Å². The second-order valence-corrected chi connectivity index (χ2v) is 10.7. The van der Waals surface area contributed by atoms with Crippen molar-refractivity contribution >= 4 is 37.5 Å². The zero-order valence-electron chi connectivity index (χ0n) is 19.6. The number of fused-ring (bicyclic) bond motifs is 1. The van der Waals surface area contributed by atoms with Gasteiger partial charge in [-0.3, -0.25) is 4.79 Å². The van der Waals surface area contributed by atoms with Gasteiger partial charge in [0, 0.05) is 25.2 Å². The van der Waals surface area contributed by atoms with Crippen molar-refractivity contribution in [1.29, 1.82) is 0 Å². The molecule has 1 heterocycles. The monoisotopic (exact) mass is 489 g/mol. The average Bonchev–Trinajstić information content (AvgIpc) is 3.15. The van der Waals surface area contributed by atoms with Crippen molar-refractivity contribution in [2.45, 2.75) is 51.5 Å². The van der Waals surface area contributed by atoms with Gasteiger partial charge in [0.25, 0.3) is 5.91 Å². The Balaban J connectivity index is 1.95. The molecule has 0 spiro atoms. The number of benzene rings is 2. The molecular formula is C24H31N3O4S2. The predicted molar refractivity (Wildman–Crippen MR) is 132 cm³/mol. The molecule has 0 aliphatic heterocycles. The van der Waals surface area contributed by atoms with Crippen molar-refractivity contribution in [2.24, 2.45) is 4.99 Å². The molecule has 0 fully saturated rings. The topological polar surface area (TPSA) is 81.0 Å². The van der Waals surface area contributed by atoms with Crippen LogP contribution in [0.2, 0.25) is 0 Å². The van der Waals surface area contributed by atoms with Gasteiger partial charge in [-0.1, -0.05) is 32.1 Å². The second kappa shape index (κ2) is 11.1. The first kappa shape index (κ1) is 25.1. The highest BCUT2D eigenvalue weighted by Gasteiger charge is 2.23. The third-order valence-electron chi connectivity index (χ3n) is 5.22. The molecule has 1 amide bonds. The lowest BCUT2D eigenvalue weighted by Crippen LogP contribution is -2.32. The zero-order chi connectivity index (χ0) is 24.0. The molecule has 2 aromatic carbocycles. The zero-order valence-corrected chi connectivity index (χ0v) is 21.2. The average molecular weight is 490 g/mol. The number of methoxy groups -OCH3 is 1. The number of carbonyl (C=O) groups excluding carboxylic acids is 1. The fourth-order valence-electron chi connectivity index (χ4n) is 3.63. The van der Waals surface area contributed by atoms with Crippen molar-refractivity contribution < 1.29 is 17.9 Å². The summed E-state index contributed by atoms with van der Waals surface area (Å²) in [6, 6.07) is 11.9. The fourth-order valence-corrected chi connectivity index (χ4v) is 6.33. The Labute approximate surface area is 199 Å². The third kappa shape index (κ3) is 5.54. The van der Waals surface area contributed by atoms with Crippen molar-refractivity contribution in [3.05, 3.63) is 52.8 Å². The number of aryl methyl sites for hydroxylation is 1. The van der Waals surface area contributed by atoms with Crippen LogP contribution in [-0.4, -0.2) is 43.4 Å². The number of aromatic nitrogens is 1. The molecule has 0 unspecified atom stereocenters. The van der Waals surface area contributed by atoms with Crippen LogP contribution >= 0.6 is 11.3 Å². The van der Waals surface area contributed by atoms with Crippen molar-refractivity contribution in [1.82, 2.24) is 8.87 Å². The number of amides is 1. The van der Waals surface area contributed by atoms with Gasteiger partial charge in [0.2, 0.25) is 10.0 Å². The van der Waals surface area contributed by atoms with E-state index in [0.29, 0.717) is 23.5 Å². The van der Waals surface area contributed by atoms with Crippen LogP contribution in [0.4, 0.5) is 0 Å². The molecule has 0 aliphatic rings. The number of carbonyl (C=O) groups is 1. The molecule has 33 heavy (non-hydrogen) atoms. The Morgan fingerprint density at radius 3 is 2.27 bits per heavy atom. The van der Waals surface area contributed by atoms with Crippen LogP contribution < -0.4 is 9.54 Å². The summed E-state index contributed by atoms with van der Waals surface area (Å²) in [4.78, 5) is 18.1. The van der Waals surface area contributed by atoms with Crippen LogP contribution in [-0.2, 0) is 16.6 Å². The Morgan fingerprint density at radius 2 is 1.70 bits per heavy atom. The van der Waals surface area contributed by atoms with E-state index in [9.17, 15) is 13.2 Å². The van der Waals surface area contributed by atoms with Gasteiger partial charge in [-0.2, -0.15) is 9.30 Å². The Morgan fingerprint density at radius 1 is 1.03 bits per heavy atom. The molecule has 178 valence electrons. The number of rotatable bonds is 10. The molecule has 0 N–H and O–H groups in total. The van der Waals surface area contributed by atoms with E-state index in [2.05, 4.69) is 11.9 Å². The molecule has 0 saturated heterocycles. The number of hydrogen-bond donors (Lipinski definition) is 0. The first-order valence-electron chi connectivity index (χ1n) is 11.2. The van der Waals surface area contributed by atoms with E-state index >= 15 is 0 Å². The second-order valence-electron chi connectivity index (χ2n) is 7.72. The quantitative estimate of drug-likeness (QED) is 0.414. The standard InChI is InChI=1S/C24H31N3O4S2/c1-5-14-26(15-6-2)33(29,30)20-11-8-18(9-12-20)23(28)25-24-27(16-7-3)21-13-10-19(31-4)17-22(21)32-24/h8-13,17H,5-7,14-16H2,1-4H3. The van der Waals surface area contributed by atoms with Gasteiger partial charge in [0.05, 0.1) is 22.2 Å². The highest BCUT2D eigenvalue weighted by Crippen LogP contribution is 2.24. The van der Waals surface area contributed by atoms with Crippen molar-refractivity contribution in [3.8, 4) is 5.75 Å². The van der Waals surface area contributed by atoms with Gasteiger partial charge in [0.15, 0.2) is 4.80 Å². The first-order valence-corrected chi connectivity index (χ1v) is 13.5. The SMILES string of the molecule is CCCN(CCC)S(=O)(=O)c1ccc(C(=O)N=c2sc3cc(OC)ccc3n2CCC)cc1. The van der Waals surface area contributed by atoms with E-state index in [4.69, 9.17) is 4.74 Å². The van der Waals surface area contributed by atoms with Gasteiger partial charge < -0.3 is 9.30 Å². The number of sulfonamides is 1. The first-order chi connectivity index (χ1) is 15.8. The predicted octanol–water partition coefficient (Wildman–Crippen LogP) is 4.67. The van der Waals surface area contributed by atoms with Gasteiger partial charge in [-0.05, 0) is 61.7 Å². The summed E-state index contributed by atoms with van der Waals surface area (Å²) in [5, 5.41) is 0. The van der Waals surface area contributed by atoms with E-state index in [-0.39, 0.29) is 4.90 Å². The molecule has 3 rings (SSSR count). The highest BCUT2D eigenvalue weighted by molar-refractivity contribution is 7.89. The minimum atomic E-state index is -3.59. The lowest BCUT2D eigenvalue weighted by Gasteiger charge is -2.21. The van der Waals surface area contributed by atoms with Crippen molar-refractivity contribution in [3.63, 3.8) is 0 Å². The molecule has 0 bridgehead atoms. The highest BCUT2D eigenvalue weighted by atomic mass is 32.2. The Hall–Kier alpha value is -2.49. The van der Waals surface area contributed by atoms with Crippen LogP contribution in [0.15, 0.2) is 52.4 Å². The van der Waals surface area contributed by atoms with Crippen LogP contribution in [0.3, 0.4) is 0 Å². The molecule has 7 nitrogen and oxygen atoms in total. The minimum absolute atomic E-state index is 0.191. The molecule has 0 aliphatic carbocycles. The molecule has 9 heteroatoms. The lowest BCUT2D eigenvalue weighted by atomic mass is 10.2. The maximum Gasteiger partial charge on any atom is 0.279 e. The Kier molecular flexibility index (Phi) is 8.45. The van der Waals surface area contributed by atoms with Crippen LogP contribution in [0.25, 0.3) is 10.2 Å². The summed E-state index contributed by atoms with van der Waals surface area (Å²) in [6.45, 7) is 7.67. The van der Waals surface area contributed by atoms with Gasteiger partial charge in [0.1, 0.15) is 5.75 Å². The summed E-state index contributed by atoms with van der Waals surface area (Å²) >= 11 is 1.43. The normalized spacial score (nSPS) is 12.6. The van der Waals surface area contributed by atoms with Gasteiger partial charge in [-0.25, -0.2) is 8.42 Å². The molecule has 0 radical (unpaired) electrons. The van der Waals surface area contributed by atoms with E-state index in [1.807, 2.05) is 36.6 Å². The van der Waals surface area contributed by atoms with E-state index in [1.54, 1.807) is 7.11 Å². The van der Waals surface area contributed by atoms with Crippen LogP contribution in [0, 0.1) is 0 Å². The van der Waals surface area contributed by atoms with Crippen LogP contribution in [0.1, 0.15) is 50.4 Å². The third-order valence-corrected chi connectivity index (χ3v) is 8.17. The number of hydrogen-bond acceptors (Lipinski definition) is 5. The Bertz CT molecular complexity index is 1270. The molecule has 0 saturated carbocycles. The smallest absolute Gasteiger partial charge is 0.279 e. The molecule has 0 atom stereocenters.